The number of carbonyl (C=O) groups excluding carboxylic acids is 2. The fourth-order valence-corrected chi connectivity index (χ4v) is 3.76. The van der Waals surface area contributed by atoms with Crippen LogP contribution in [0.1, 0.15) is 26.3 Å². The summed E-state index contributed by atoms with van der Waals surface area (Å²) in [6.07, 6.45) is 0. The standard InChI is InChI=1S/C17H8Br3F3O6/c1-5-10(16(25)26)13(22)14(23)15(12(5)21)29-9(24)4-28-17(27)7-2-6(18)3-8(19)11(7)20/h2-3H,4H2,1H3,(H,25,26). The lowest BCUT2D eigenvalue weighted by Gasteiger charge is -2.12. The molecule has 0 aliphatic carbocycles. The molecule has 0 aromatic heterocycles. The molecule has 0 fully saturated rings. The molecule has 2 rings (SSSR count). The van der Waals surface area contributed by atoms with E-state index in [4.69, 9.17) is 9.84 Å². The Balaban J connectivity index is 2.19. The highest BCUT2D eigenvalue weighted by Crippen LogP contribution is 2.32. The van der Waals surface area contributed by atoms with Crippen LogP contribution < -0.4 is 4.74 Å². The molecule has 2 aromatic carbocycles. The normalized spacial score (nSPS) is 10.6. The summed E-state index contributed by atoms with van der Waals surface area (Å²) in [5.41, 5.74) is -1.96. The summed E-state index contributed by atoms with van der Waals surface area (Å²) >= 11 is 9.53. The van der Waals surface area contributed by atoms with Crippen LogP contribution in [-0.4, -0.2) is 29.6 Å². The van der Waals surface area contributed by atoms with Gasteiger partial charge in [-0.25, -0.2) is 23.2 Å². The van der Waals surface area contributed by atoms with Gasteiger partial charge in [-0.15, -0.1) is 0 Å². The maximum atomic E-state index is 14.2. The van der Waals surface area contributed by atoms with E-state index in [9.17, 15) is 27.6 Å². The van der Waals surface area contributed by atoms with Crippen molar-refractivity contribution in [2.75, 3.05) is 6.61 Å². The van der Waals surface area contributed by atoms with Crippen LogP contribution in [0.25, 0.3) is 0 Å². The Morgan fingerprint density at radius 2 is 1.66 bits per heavy atom. The van der Waals surface area contributed by atoms with E-state index in [0.29, 0.717) is 13.4 Å². The maximum Gasteiger partial charge on any atom is 0.349 e. The third kappa shape index (κ3) is 4.98. The number of rotatable bonds is 5. The van der Waals surface area contributed by atoms with Crippen LogP contribution in [0.3, 0.4) is 0 Å². The van der Waals surface area contributed by atoms with E-state index < -0.39 is 58.8 Å². The highest BCUT2D eigenvalue weighted by Gasteiger charge is 2.29. The summed E-state index contributed by atoms with van der Waals surface area (Å²) in [5.74, 6) is -11.2. The number of esters is 2. The Kier molecular flexibility index (Phi) is 7.46. The van der Waals surface area contributed by atoms with Crippen molar-refractivity contribution in [3.63, 3.8) is 0 Å². The fraction of sp³-hybridized carbons (Fsp3) is 0.118. The van der Waals surface area contributed by atoms with Crippen molar-refractivity contribution in [1.82, 2.24) is 0 Å². The zero-order valence-corrected chi connectivity index (χ0v) is 18.9. The first kappa shape index (κ1) is 23.4. The van der Waals surface area contributed by atoms with E-state index in [1.165, 1.54) is 6.07 Å². The predicted molar refractivity (Wildman–Crippen MR) is 103 cm³/mol. The summed E-state index contributed by atoms with van der Waals surface area (Å²) < 4.78 is 52.5. The molecular formula is C17H8Br3F3O6. The quantitative estimate of drug-likeness (QED) is 0.288. The smallest absolute Gasteiger partial charge is 0.349 e. The lowest BCUT2D eigenvalue weighted by atomic mass is 10.1. The molecular weight excluding hydrogens is 597 g/mol. The van der Waals surface area contributed by atoms with Gasteiger partial charge in [0.2, 0.25) is 11.6 Å². The third-order valence-corrected chi connectivity index (χ3v) is 5.95. The van der Waals surface area contributed by atoms with E-state index in [1.54, 1.807) is 6.07 Å². The van der Waals surface area contributed by atoms with Gasteiger partial charge >= 0.3 is 17.9 Å². The highest BCUT2D eigenvalue weighted by atomic mass is 79.9. The first-order valence-corrected chi connectivity index (χ1v) is 9.76. The van der Waals surface area contributed by atoms with E-state index in [0.717, 1.165) is 6.92 Å². The first-order valence-electron chi connectivity index (χ1n) is 7.38. The van der Waals surface area contributed by atoms with Crippen LogP contribution in [0, 0.1) is 24.4 Å². The molecule has 154 valence electrons. The molecule has 0 heterocycles. The molecule has 2 aromatic rings. The summed E-state index contributed by atoms with van der Waals surface area (Å²) in [4.78, 5) is 34.8. The van der Waals surface area contributed by atoms with Crippen molar-refractivity contribution in [3.05, 3.63) is 59.7 Å². The van der Waals surface area contributed by atoms with Gasteiger partial charge in [-0.05, 0) is 50.9 Å². The van der Waals surface area contributed by atoms with Gasteiger partial charge in [-0.1, -0.05) is 15.9 Å². The highest BCUT2D eigenvalue weighted by molar-refractivity contribution is 9.13. The Labute approximate surface area is 186 Å². The van der Waals surface area contributed by atoms with E-state index in [1.807, 2.05) is 0 Å². The van der Waals surface area contributed by atoms with Gasteiger partial charge in [0, 0.05) is 19.0 Å². The van der Waals surface area contributed by atoms with Crippen molar-refractivity contribution in [2.24, 2.45) is 0 Å². The predicted octanol–water partition coefficient (Wildman–Crippen LogP) is 5.16. The van der Waals surface area contributed by atoms with E-state index in [-0.39, 0.29) is 5.56 Å². The second kappa shape index (κ2) is 9.26. The van der Waals surface area contributed by atoms with E-state index in [2.05, 4.69) is 52.5 Å². The fourth-order valence-electron chi connectivity index (χ4n) is 2.14. The van der Waals surface area contributed by atoms with Gasteiger partial charge in [-0.3, -0.25) is 0 Å². The van der Waals surface area contributed by atoms with Gasteiger partial charge < -0.3 is 14.6 Å². The minimum Gasteiger partial charge on any atom is -0.478 e. The first-order chi connectivity index (χ1) is 13.5. The number of carboxylic acids is 1. The monoisotopic (exact) mass is 602 g/mol. The Morgan fingerprint density at radius 3 is 2.24 bits per heavy atom. The molecule has 0 saturated heterocycles. The average Bonchev–Trinajstić information content (AvgIpc) is 2.64. The molecule has 1 N–H and O–H groups in total. The molecule has 29 heavy (non-hydrogen) atoms. The molecule has 0 spiro atoms. The van der Waals surface area contributed by atoms with Crippen LogP contribution in [-0.2, 0) is 9.53 Å². The van der Waals surface area contributed by atoms with Crippen LogP contribution in [0.2, 0.25) is 0 Å². The van der Waals surface area contributed by atoms with Crippen LogP contribution >= 0.6 is 47.8 Å². The zero-order valence-electron chi connectivity index (χ0n) is 14.1. The molecule has 0 radical (unpaired) electrons. The van der Waals surface area contributed by atoms with Gasteiger partial charge in [0.1, 0.15) is 5.56 Å². The van der Waals surface area contributed by atoms with Gasteiger partial charge in [-0.2, -0.15) is 4.39 Å². The number of carboxylic acid groups (broad SMARTS) is 1. The molecule has 12 heteroatoms. The van der Waals surface area contributed by atoms with Crippen LogP contribution in [0.4, 0.5) is 13.2 Å². The number of hydrogen-bond donors (Lipinski definition) is 1. The molecule has 0 bridgehead atoms. The Morgan fingerprint density at radius 1 is 1.03 bits per heavy atom. The number of benzene rings is 2. The molecule has 6 nitrogen and oxygen atoms in total. The van der Waals surface area contributed by atoms with Crippen molar-refractivity contribution in [2.45, 2.75) is 6.92 Å². The van der Waals surface area contributed by atoms with Gasteiger partial charge in [0.05, 0.1) is 5.56 Å². The molecule has 0 aliphatic rings. The second-order valence-electron chi connectivity index (χ2n) is 5.38. The number of hydrogen-bond acceptors (Lipinski definition) is 5. The summed E-state index contributed by atoms with van der Waals surface area (Å²) in [6.45, 7) is -0.170. The van der Waals surface area contributed by atoms with Crippen molar-refractivity contribution < 1.29 is 42.1 Å². The third-order valence-electron chi connectivity index (χ3n) is 3.48. The Bertz CT molecular complexity index is 1010. The number of halogens is 6. The van der Waals surface area contributed by atoms with Gasteiger partial charge in [0.15, 0.2) is 18.2 Å². The lowest BCUT2D eigenvalue weighted by Crippen LogP contribution is -2.21. The average molecular weight is 605 g/mol. The molecule has 0 saturated carbocycles. The molecule has 0 unspecified atom stereocenters. The Hall–Kier alpha value is -1.92. The zero-order chi connectivity index (χ0) is 22.0. The minimum atomic E-state index is -2.00. The van der Waals surface area contributed by atoms with E-state index >= 15 is 0 Å². The summed E-state index contributed by atoms with van der Waals surface area (Å²) in [6, 6.07) is 3.03. The number of ether oxygens (including phenoxy) is 2. The van der Waals surface area contributed by atoms with Crippen molar-refractivity contribution in [3.8, 4) is 5.75 Å². The minimum absolute atomic E-state index is 0.0316. The van der Waals surface area contributed by atoms with Crippen molar-refractivity contribution in [1.29, 1.82) is 0 Å². The number of aromatic carboxylic acids is 1. The van der Waals surface area contributed by atoms with Crippen LogP contribution in [0.15, 0.2) is 25.6 Å². The SMILES string of the molecule is Cc1c(F)c(OC(=O)COC(=O)c2cc(Br)cc(Br)c2Br)c(F)c(F)c1C(=O)O. The summed E-state index contributed by atoms with van der Waals surface area (Å²) in [7, 11) is 0. The summed E-state index contributed by atoms with van der Waals surface area (Å²) in [5, 5.41) is 8.83. The lowest BCUT2D eigenvalue weighted by molar-refractivity contribution is -0.138. The van der Waals surface area contributed by atoms with Crippen LogP contribution in [0.5, 0.6) is 5.75 Å². The maximum absolute atomic E-state index is 14.2. The largest absolute Gasteiger partial charge is 0.478 e. The molecule has 0 amide bonds. The number of carbonyl (C=O) groups is 3. The second-order valence-corrected chi connectivity index (χ2v) is 7.94. The van der Waals surface area contributed by atoms with Gasteiger partial charge in [0.25, 0.3) is 0 Å². The topological polar surface area (TPSA) is 89.9 Å². The molecule has 0 atom stereocenters. The molecule has 0 aliphatic heterocycles. The van der Waals surface area contributed by atoms with Crippen molar-refractivity contribution >= 4 is 65.7 Å².